The lowest BCUT2D eigenvalue weighted by molar-refractivity contribution is -0.0116. The Bertz CT molecular complexity index is 351. The van der Waals surface area contributed by atoms with Crippen LogP contribution in [0.1, 0.15) is 44.7 Å². The van der Waals surface area contributed by atoms with Gasteiger partial charge in [0, 0.05) is 13.2 Å². The van der Waals surface area contributed by atoms with E-state index in [1.165, 1.54) is 11.1 Å². The van der Waals surface area contributed by atoms with Crippen LogP contribution in [-0.4, -0.2) is 32.4 Å². The minimum Gasteiger partial charge on any atom is -0.379 e. The van der Waals surface area contributed by atoms with E-state index in [2.05, 4.69) is 43.4 Å². The molecule has 114 valence electrons. The molecule has 0 amide bonds. The Balaban J connectivity index is 2.38. The third-order valence-corrected chi connectivity index (χ3v) is 3.34. The molecule has 0 aliphatic heterocycles. The molecule has 0 aliphatic rings. The predicted octanol–water partition coefficient (Wildman–Crippen LogP) is 3.34. The molecule has 0 radical (unpaired) electrons. The van der Waals surface area contributed by atoms with E-state index >= 15 is 0 Å². The molecule has 0 aliphatic carbocycles. The second-order valence-electron chi connectivity index (χ2n) is 5.23. The highest BCUT2D eigenvalue weighted by Gasteiger charge is 2.06. The number of likely N-dealkylation sites (N-methyl/N-ethyl adjacent to an activating group) is 1. The zero-order chi connectivity index (χ0) is 14.8. The van der Waals surface area contributed by atoms with Crippen LogP contribution in [-0.2, 0) is 16.1 Å². The summed E-state index contributed by atoms with van der Waals surface area (Å²) in [4.78, 5) is 0. The molecule has 0 aromatic heterocycles. The van der Waals surface area contributed by atoms with Crippen LogP contribution in [0.5, 0.6) is 0 Å². The summed E-state index contributed by atoms with van der Waals surface area (Å²) < 4.78 is 11.1. The van der Waals surface area contributed by atoms with Gasteiger partial charge < -0.3 is 14.8 Å². The minimum atomic E-state index is 0.141. The molecule has 20 heavy (non-hydrogen) atoms. The Kier molecular flexibility index (Phi) is 8.51. The van der Waals surface area contributed by atoms with Gasteiger partial charge in [0.25, 0.3) is 0 Å². The topological polar surface area (TPSA) is 30.5 Å². The van der Waals surface area contributed by atoms with Crippen molar-refractivity contribution in [3.63, 3.8) is 0 Å². The molecule has 0 spiro atoms. The summed E-state index contributed by atoms with van der Waals surface area (Å²) in [5.41, 5.74) is 2.59. The van der Waals surface area contributed by atoms with Crippen LogP contribution in [0.25, 0.3) is 0 Å². The van der Waals surface area contributed by atoms with Crippen molar-refractivity contribution in [1.82, 2.24) is 5.32 Å². The van der Waals surface area contributed by atoms with Crippen LogP contribution in [0.4, 0.5) is 0 Å². The first-order valence-electron chi connectivity index (χ1n) is 7.66. The molecule has 3 heteroatoms. The van der Waals surface area contributed by atoms with Crippen molar-refractivity contribution in [3.8, 4) is 0 Å². The monoisotopic (exact) mass is 279 g/mol. The van der Waals surface area contributed by atoms with Crippen molar-refractivity contribution in [2.75, 3.05) is 26.3 Å². The first-order chi connectivity index (χ1) is 9.67. The van der Waals surface area contributed by atoms with Gasteiger partial charge >= 0.3 is 0 Å². The molecule has 2 atom stereocenters. The van der Waals surface area contributed by atoms with Crippen LogP contribution < -0.4 is 5.32 Å². The van der Waals surface area contributed by atoms with Gasteiger partial charge in [-0.05, 0) is 37.4 Å². The Labute approximate surface area is 123 Å². The van der Waals surface area contributed by atoms with E-state index in [-0.39, 0.29) is 6.10 Å². The van der Waals surface area contributed by atoms with Crippen molar-refractivity contribution in [2.45, 2.75) is 46.3 Å². The Morgan fingerprint density at radius 1 is 1.10 bits per heavy atom. The van der Waals surface area contributed by atoms with Gasteiger partial charge in [0.2, 0.25) is 0 Å². The van der Waals surface area contributed by atoms with Crippen LogP contribution >= 0.6 is 0 Å². The fourth-order valence-electron chi connectivity index (χ4n) is 1.99. The summed E-state index contributed by atoms with van der Waals surface area (Å²) in [6.07, 6.45) is 0.141. The molecule has 0 bridgehead atoms. The highest BCUT2D eigenvalue weighted by Crippen LogP contribution is 2.15. The largest absolute Gasteiger partial charge is 0.379 e. The fourth-order valence-corrected chi connectivity index (χ4v) is 1.99. The molecule has 0 saturated carbocycles. The van der Waals surface area contributed by atoms with E-state index < -0.39 is 0 Å². The van der Waals surface area contributed by atoms with Crippen LogP contribution in [0.3, 0.4) is 0 Å². The van der Waals surface area contributed by atoms with E-state index in [9.17, 15) is 0 Å². The van der Waals surface area contributed by atoms with E-state index in [1.807, 2.05) is 13.8 Å². The molecule has 0 heterocycles. The third kappa shape index (κ3) is 6.51. The number of rotatable bonds is 10. The van der Waals surface area contributed by atoms with Gasteiger partial charge in [0.1, 0.15) is 0 Å². The van der Waals surface area contributed by atoms with Gasteiger partial charge in [-0.3, -0.25) is 0 Å². The molecule has 1 rings (SSSR count). The maximum absolute atomic E-state index is 5.76. The normalized spacial score (nSPS) is 14.2. The molecular weight excluding hydrogens is 250 g/mol. The minimum absolute atomic E-state index is 0.141. The lowest BCUT2D eigenvalue weighted by Crippen LogP contribution is -2.19. The van der Waals surface area contributed by atoms with Crippen molar-refractivity contribution < 1.29 is 9.47 Å². The summed E-state index contributed by atoms with van der Waals surface area (Å²) >= 11 is 0. The number of nitrogens with one attached hydrogen (secondary N) is 1. The zero-order valence-electron chi connectivity index (χ0n) is 13.3. The average Bonchev–Trinajstić information content (AvgIpc) is 2.49. The number of hydrogen-bond donors (Lipinski definition) is 1. The first-order valence-corrected chi connectivity index (χ1v) is 7.66. The van der Waals surface area contributed by atoms with Gasteiger partial charge in [-0.1, -0.05) is 38.1 Å². The first kappa shape index (κ1) is 17.2. The summed E-state index contributed by atoms with van der Waals surface area (Å²) in [5, 5.41) is 3.38. The summed E-state index contributed by atoms with van der Waals surface area (Å²) in [5.74, 6) is 0.543. The quantitative estimate of drug-likeness (QED) is 0.712. The molecule has 1 aromatic rings. The van der Waals surface area contributed by atoms with E-state index in [1.54, 1.807) is 0 Å². The smallest absolute Gasteiger partial charge is 0.0785 e. The van der Waals surface area contributed by atoms with Crippen molar-refractivity contribution >= 4 is 0 Å². The predicted molar refractivity (Wildman–Crippen MR) is 84.1 cm³/mol. The maximum Gasteiger partial charge on any atom is 0.0785 e. The second-order valence-corrected chi connectivity index (χ2v) is 5.23. The van der Waals surface area contributed by atoms with Crippen LogP contribution in [0.15, 0.2) is 24.3 Å². The van der Waals surface area contributed by atoms with E-state index in [0.717, 1.165) is 19.7 Å². The highest BCUT2D eigenvalue weighted by atomic mass is 16.5. The molecule has 1 aromatic carbocycles. The highest BCUT2D eigenvalue weighted by molar-refractivity contribution is 5.24. The lowest BCUT2D eigenvalue weighted by Gasteiger charge is -2.15. The average molecular weight is 279 g/mol. The van der Waals surface area contributed by atoms with Crippen LogP contribution in [0, 0.1) is 0 Å². The Morgan fingerprint density at radius 3 is 2.40 bits per heavy atom. The van der Waals surface area contributed by atoms with Gasteiger partial charge in [-0.15, -0.1) is 0 Å². The fraction of sp³-hybridized carbons (Fsp3) is 0.647. The Hall–Kier alpha value is -0.900. The van der Waals surface area contributed by atoms with Crippen molar-refractivity contribution in [1.29, 1.82) is 0 Å². The zero-order valence-corrected chi connectivity index (χ0v) is 13.3. The van der Waals surface area contributed by atoms with Crippen molar-refractivity contribution in [2.24, 2.45) is 0 Å². The number of hydrogen-bond acceptors (Lipinski definition) is 3. The summed E-state index contributed by atoms with van der Waals surface area (Å²) in [7, 11) is 0. The molecule has 1 N–H and O–H groups in total. The third-order valence-electron chi connectivity index (χ3n) is 3.34. The molecule has 3 nitrogen and oxygen atoms in total. The van der Waals surface area contributed by atoms with E-state index in [0.29, 0.717) is 19.1 Å². The van der Waals surface area contributed by atoms with Crippen LogP contribution in [0.2, 0.25) is 0 Å². The van der Waals surface area contributed by atoms with Gasteiger partial charge in [0.15, 0.2) is 0 Å². The lowest BCUT2D eigenvalue weighted by atomic mass is 10.00. The maximum atomic E-state index is 5.76. The Morgan fingerprint density at radius 2 is 1.80 bits per heavy atom. The molecular formula is C17H29NO2. The summed E-state index contributed by atoms with van der Waals surface area (Å²) in [6, 6.07) is 8.72. The SMILES string of the molecule is CCNCC(C)c1ccc(COC(C)COCC)cc1. The number of benzene rings is 1. The van der Waals surface area contributed by atoms with Gasteiger partial charge in [-0.25, -0.2) is 0 Å². The van der Waals surface area contributed by atoms with Gasteiger partial charge in [0.05, 0.1) is 19.3 Å². The standard InChI is InChI=1S/C17H29NO2/c1-5-18-11-14(3)17-9-7-16(8-10-17)13-20-15(4)12-19-6-2/h7-10,14-15,18H,5-6,11-13H2,1-4H3. The second kappa shape index (κ2) is 9.92. The van der Waals surface area contributed by atoms with E-state index in [4.69, 9.17) is 9.47 Å². The molecule has 0 saturated heterocycles. The molecule has 0 fully saturated rings. The molecule has 2 unspecified atom stereocenters. The number of ether oxygens (including phenoxy) is 2. The van der Waals surface area contributed by atoms with Gasteiger partial charge in [-0.2, -0.15) is 0 Å². The summed E-state index contributed by atoms with van der Waals surface area (Å²) in [6.45, 7) is 12.5. The van der Waals surface area contributed by atoms with Crippen molar-refractivity contribution in [3.05, 3.63) is 35.4 Å².